The Bertz CT molecular complexity index is 792. The lowest BCUT2D eigenvalue weighted by Gasteiger charge is -2.03. The Morgan fingerprint density at radius 2 is 1.47 bits per heavy atom. The Hall–Kier alpha value is -2.23. The standard InChI is InChI=1S/C13H7F2NO/c14-7-1-3-9-10(5-7)11-6-8(15)2-4-12(11)16-13(9)17/h1-6H,(H,16,17). The summed E-state index contributed by atoms with van der Waals surface area (Å²) in [5.74, 6) is -0.872. The van der Waals surface area contributed by atoms with Crippen molar-refractivity contribution in [3.8, 4) is 0 Å². The summed E-state index contributed by atoms with van der Waals surface area (Å²) >= 11 is 0. The Morgan fingerprint density at radius 1 is 0.824 bits per heavy atom. The van der Waals surface area contributed by atoms with E-state index in [-0.39, 0.29) is 5.56 Å². The fraction of sp³-hybridized carbons (Fsp3) is 0. The molecular formula is C13H7F2NO. The van der Waals surface area contributed by atoms with Gasteiger partial charge in [0.2, 0.25) is 0 Å². The van der Waals surface area contributed by atoms with Crippen molar-refractivity contribution < 1.29 is 8.78 Å². The van der Waals surface area contributed by atoms with Gasteiger partial charge >= 0.3 is 0 Å². The van der Waals surface area contributed by atoms with Crippen molar-refractivity contribution in [2.24, 2.45) is 0 Å². The van der Waals surface area contributed by atoms with Gasteiger partial charge in [-0.05, 0) is 41.8 Å². The van der Waals surface area contributed by atoms with Crippen molar-refractivity contribution in [2.45, 2.75) is 0 Å². The van der Waals surface area contributed by atoms with Gasteiger partial charge in [0.15, 0.2) is 0 Å². The van der Waals surface area contributed by atoms with E-state index < -0.39 is 11.6 Å². The molecule has 0 saturated carbocycles. The lowest BCUT2D eigenvalue weighted by molar-refractivity contribution is 0.628. The van der Waals surface area contributed by atoms with E-state index in [2.05, 4.69) is 4.98 Å². The maximum atomic E-state index is 13.2. The van der Waals surface area contributed by atoms with E-state index >= 15 is 0 Å². The van der Waals surface area contributed by atoms with Gasteiger partial charge in [-0.2, -0.15) is 0 Å². The molecule has 1 aromatic heterocycles. The SMILES string of the molecule is O=c1[nH]c2ccc(F)cc2c2cc(F)ccc12. The highest BCUT2D eigenvalue weighted by Crippen LogP contribution is 2.22. The minimum atomic E-state index is -0.450. The number of nitrogens with one attached hydrogen (secondary N) is 1. The van der Waals surface area contributed by atoms with Gasteiger partial charge in [0, 0.05) is 16.3 Å². The number of aromatic amines is 1. The van der Waals surface area contributed by atoms with Crippen LogP contribution in [0.15, 0.2) is 41.2 Å². The minimum absolute atomic E-state index is 0.306. The Balaban J connectivity index is 2.64. The molecule has 0 bridgehead atoms. The van der Waals surface area contributed by atoms with Crippen molar-refractivity contribution in [1.29, 1.82) is 0 Å². The van der Waals surface area contributed by atoms with E-state index in [0.717, 1.165) is 0 Å². The Labute approximate surface area is 94.5 Å². The van der Waals surface area contributed by atoms with Gasteiger partial charge in [-0.3, -0.25) is 4.79 Å². The number of aromatic nitrogens is 1. The largest absolute Gasteiger partial charge is 0.321 e. The van der Waals surface area contributed by atoms with Crippen molar-refractivity contribution in [2.75, 3.05) is 0 Å². The molecule has 0 aliphatic heterocycles. The van der Waals surface area contributed by atoms with Crippen LogP contribution in [0.3, 0.4) is 0 Å². The lowest BCUT2D eigenvalue weighted by atomic mass is 10.1. The highest BCUT2D eigenvalue weighted by atomic mass is 19.1. The highest BCUT2D eigenvalue weighted by molar-refractivity contribution is 6.05. The van der Waals surface area contributed by atoms with Crippen LogP contribution < -0.4 is 5.56 Å². The molecule has 1 heterocycles. The van der Waals surface area contributed by atoms with Crippen LogP contribution in [0.4, 0.5) is 8.78 Å². The van der Waals surface area contributed by atoms with E-state index in [0.29, 0.717) is 21.7 Å². The van der Waals surface area contributed by atoms with E-state index in [9.17, 15) is 13.6 Å². The zero-order valence-electron chi connectivity index (χ0n) is 8.63. The van der Waals surface area contributed by atoms with Crippen LogP contribution in [0.5, 0.6) is 0 Å². The molecule has 0 unspecified atom stereocenters. The van der Waals surface area contributed by atoms with Crippen molar-refractivity contribution >= 4 is 21.7 Å². The summed E-state index contributed by atoms with van der Waals surface area (Å²) in [7, 11) is 0. The second-order valence-corrected chi connectivity index (χ2v) is 3.83. The number of hydrogen-bond acceptors (Lipinski definition) is 1. The first kappa shape index (κ1) is 9.96. The number of hydrogen-bond donors (Lipinski definition) is 1. The van der Waals surface area contributed by atoms with Gasteiger partial charge in [0.1, 0.15) is 11.6 Å². The number of rotatable bonds is 0. The maximum absolute atomic E-state index is 13.2. The van der Waals surface area contributed by atoms with Gasteiger partial charge in [-0.25, -0.2) is 8.78 Å². The first-order valence-corrected chi connectivity index (χ1v) is 5.06. The molecule has 17 heavy (non-hydrogen) atoms. The summed E-state index contributed by atoms with van der Waals surface area (Å²) in [6, 6.07) is 7.86. The molecule has 0 saturated heterocycles. The molecule has 4 heteroatoms. The molecule has 0 aliphatic carbocycles. The van der Waals surface area contributed by atoms with Crippen LogP contribution in [-0.4, -0.2) is 4.98 Å². The predicted octanol–water partition coefficient (Wildman–Crippen LogP) is 2.96. The zero-order chi connectivity index (χ0) is 12.0. The summed E-state index contributed by atoms with van der Waals surface area (Å²) in [4.78, 5) is 14.4. The third-order valence-corrected chi connectivity index (χ3v) is 2.75. The predicted molar refractivity (Wildman–Crippen MR) is 62.0 cm³/mol. The van der Waals surface area contributed by atoms with Crippen LogP contribution in [0.25, 0.3) is 21.7 Å². The highest BCUT2D eigenvalue weighted by Gasteiger charge is 2.06. The Morgan fingerprint density at radius 3 is 2.24 bits per heavy atom. The fourth-order valence-corrected chi connectivity index (χ4v) is 1.98. The molecule has 3 aromatic rings. The molecule has 84 valence electrons. The second kappa shape index (κ2) is 3.38. The van der Waals surface area contributed by atoms with Gasteiger partial charge < -0.3 is 4.98 Å². The van der Waals surface area contributed by atoms with Crippen LogP contribution in [0.1, 0.15) is 0 Å². The number of pyridine rings is 1. The fourth-order valence-electron chi connectivity index (χ4n) is 1.98. The van der Waals surface area contributed by atoms with E-state index in [1.165, 1.54) is 36.4 Å². The van der Waals surface area contributed by atoms with Crippen LogP contribution >= 0.6 is 0 Å². The minimum Gasteiger partial charge on any atom is -0.321 e. The summed E-state index contributed by atoms with van der Waals surface area (Å²) in [5.41, 5.74) is 0.189. The maximum Gasteiger partial charge on any atom is 0.256 e. The molecule has 2 nitrogen and oxygen atoms in total. The lowest BCUT2D eigenvalue weighted by Crippen LogP contribution is -2.06. The molecular weight excluding hydrogens is 224 g/mol. The van der Waals surface area contributed by atoms with Crippen molar-refractivity contribution in [3.63, 3.8) is 0 Å². The third kappa shape index (κ3) is 1.49. The summed E-state index contributed by atoms with van der Waals surface area (Å²) in [6.07, 6.45) is 0. The molecule has 1 N–H and O–H groups in total. The number of halogens is 2. The van der Waals surface area contributed by atoms with E-state index in [1.807, 2.05) is 0 Å². The molecule has 0 radical (unpaired) electrons. The van der Waals surface area contributed by atoms with Crippen LogP contribution in [-0.2, 0) is 0 Å². The topological polar surface area (TPSA) is 32.9 Å². The van der Waals surface area contributed by atoms with Gasteiger partial charge in [-0.1, -0.05) is 0 Å². The monoisotopic (exact) mass is 231 g/mol. The molecule has 0 amide bonds. The molecule has 0 aliphatic rings. The molecule has 0 spiro atoms. The van der Waals surface area contributed by atoms with Crippen LogP contribution in [0, 0.1) is 11.6 Å². The number of H-pyrrole nitrogens is 1. The van der Waals surface area contributed by atoms with Crippen LogP contribution in [0.2, 0.25) is 0 Å². The number of benzene rings is 2. The van der Waals surface area contributed by atoms with Gasteiger partial charge in [-0.15, -0.1) is 0 Å². The van der Waals surface area contributed by atoms with Gasteiger partial charge in [0.25, 0.3) is 5.56 Å². The quantitative estimate of drug-likeness (QED) is 0.593. The van der Waals surface area contributed by atoms with E-state index in [4.69, 9.17) is 0 Å². The number of fused-ring (bicyclic) bond motifs is 3. The summed E-state index contributed by atoms with van der Waals surface area (Å²) in [5, 5.41) is 1.27. The Kier molecular flexibility index (Phi) is 1.98. The van der Waals surface area contributed by atoms with Gasteiger partial charge in [0.05, 0.1) is 0 Å². The molecule has 2 aromatic carbocycles. The summed E-state index contributed by atoms with van der Waals surface area (Å²) < 4.78 is 26.4. The average Bonchev–Trinajstić information content (AvgIpc) is 2.30. The smallest absolute Gasteiger partial charge is 0.256 e. The second-order valence-electron chi connectivity index (χ2n) is 3.83. The first-order valence-electron chi connectivity index (χ1n) is 5.06. The normalized spacial score (nSPS) is 11.2. The zero-order valence-corrected chi connectivity index (χ0v) is 8.63. The average molecular weight is 231 g/mol. The van der Waals surface area contributed by atoms with Crippen molar-refractivity contribution in [1.82, 2.24) is 4.98 Å². The van der Waals surface area contributed by atoms with Crippen molar-refractivity contribution in [3.05, 3.63) is 58.4 Å². The molecule has 3 rings (SSSR count). The third-order valence-electron chi connectivity index (χ3n) is 2.75. The van der Waals surface area contributed by atoms with E-state index in [1.54, 1.807) is 0 Å². The summed E-state index contributed by atoms with van der Waals surface area (Å²) in [6.45, 7) is 0. The first-order chi connectivity index (χ1) is 8.15. The molecule has 0 fully saturated rings. The molecule has 0 atom stereocenters.